The second-order valence-electron chi connectivity index (χ2n) is 8.30. The van der Waals surface area contributed by atoms with Gasteiger partial charge in [-0.3, -0.25) is 15.1 Å². The number of halogens is 1. The number of benzene rings is 1. The zero-order valence-corrected chi connectivity index (χ0v) is 18.5. The number of anilines is 2. The molecule has 0 aliphatic heterocycles. The van der Waals surface area contributed by atoms with Crippen molar-refractivity contribution in [3.05, 3.63) is 60.3 Å². The molecule has 0 radical (unpaired) electrons. The quantitative estimate of drug-likeness (QED) is 0.412. The number of amides is 2. The fraction of sp³-hybridized carbons (Fsp3) is 0.227. The summed E-state index contributed by atoms with van der Waals surface area (Å²) in [6.07, 6.45) is 3.12. The number of rotatable bonds is 5. The number of ether oxygens (including phenoxy) is 1. The third-order valence-electron chi connectivity index (χ3n) is 4.67. The number of H-pyrrole nitrogens is 1. The minimum absolute atomic E-state index is 0.0499. The minimum Gasteiger partial charge on any atom is -0.439 e. The molecule has 33 heavy (non-hydrogen) atoms. The maximum absolute atomic E-state index is 14.3. The Hall–Kier alpha value is -4.28. The lowest BCUT2D eigenvalue weighted by Crippen LogP contribution is -2.21. The predicted octanol–water partition coefficient (Wildman–Crippen LogP) is 4.47. The molecule has 0 bridgehead atoms. The Labute approximate surface area is 189 Å². The third-order valence-corrected chi connectivity index (χ3v) is 4.67. The van der Waals surface area contributed by atoms with Gasteiger partial charge in [-0.2, -0.15) is 15.2 Å². The summed E-state index contributed by atoms with van der Waals surface area (Å²) in [7, 11) is 1.72. The van der Waals surface area contributed by atoms with Crippen LogP contribution in [0.4, 0.5) is 20.7 Å². The average Bonchev–Trinajstić information content (AvgIpc) is 3.41. The summed E-state index contributed by atoms with van der Waals surface area (Å²) in [6.45, 7) is 6.07. The van der Waals surface area contributed by atoms with E-state index in [1.54, 1.807) is 36.1 Å². The van der Waals surface area contributed by atoms with E-state index >= 15 is 0 Å². The normalized spacial score (nSPS) is 11.3. The van der Waals surface area contributed by atoms with Crippen LogP contribution in [-0.2, 0) is 12.5 Å². The molecule has 11 heteroatoms. The number of nitrogens with zero attached hydrogens (tertiary/aromatic N) is 5. The molecule has 0 unspecified atom stereocenters. The smallest absolute Gasteiger partial charge is 0.324 e. The maximum atomic E-state index is 14.3. The summed E-state index contributed by atoms with van der Waals surface area (Å²) in [5.41, 5.74) is 1.22. The number of aromatic amines is 1. The molecule has 0 atom stereocenters. The molecule has 10 nitrogen and oxygen atoms in total. The van der Waals surface area contributed by atoms with Gasteiger partial charge in [-0.1, -0.05) is 20.8 Å². The summed E-state index contributed by atoms with van der Waals surface area (Å²) in [5.74, 6) is 0.810. The SMILES string of the molecule is Cn1nc(C(C)(C)C)cc1NC(=O)Nc1cc(Oc2ccnc(-c3ccn[nH]3)n2)ccc1F. The van der Waals surface area contributed by atoms with Crippen LogP contribution in [0, 0.1) is 5.82 Å². The van der Waals surface area contributed by atoms with Gasteiger partial charge in [0.15, 0.2) is 5.82 Å². The van der Waals surface area contributed by atoms with E-state index in [-0.39, 0.29) is 22.7 Å². The Morgan fingerprint density at radius 2 is 1.94 bits per heavy atom. The van der Waals surface area contributed by atoms with Gasteiger partial charge in [0.05, 0.1) is 11.4 Å². The third kappa shape index (κ3) is 5.14. The zero-order chi connectivity index (χ0) is 23.6. The van der Waals surface area contributed by atoms with Gasteiger partial charge in [0.25, 0.3) is 0 Å². The molecule has 3 N–H and O–H groups in total. The topological polar surface area (TPSA) is 123 Å². The largest absolute Gasteiger partial charge is 0.439 e. The van der Waals surface area contributed by atoms with Gasteiger partial charge in [-0.15, -0.1) is 0 Å². The molecular weight excluding hydrogens is 427 g/mol. The second kappa shape index (κ2) is 8.69. The highest BCUT2D eigenvalue weighted by molar-refractivity contribution is 5.99. The number of nitrogens with one attached hydrogen (secondary N) is 3. The zero-order valence-electron chi connectivity index (χ0n) is 18.5. The van der Waals surface area contributed by atoms with E-state index in [1.807, 2.05) is 20.8 Å². The number of hydrogen-bond acceptors (Lipinski definition) is 6. The van der Waals surface area contributed by atoms with Crippen molar-refractivity contribution in [3.8, 4) is 23.1 Å². The molecule has 3 aromatic heterocycles. The van der Waals surface area contributed by atoms with Crippen LogP contribution in [0.15, 0.2) is 48.8 Å². The highest BCUT2D eigenvalue weighted by atomic mass is 19.1. The number of aromatic nitrogens is 6. The van der Waals surface area contributed by atoms with Crippen molar-refractivity contribution in [2.75, 3.05) is 10.6 Å². The predicted molar refractivity (Wildman–Crippen MR) is 121 cm³/mol. The number of aryl methyl sites for hydroxylation is 1. The standard InChI is InChI=1S/C22H23FN8O2/c1-22(2,3)17-12-18(31(4)30-17)27-21(32)26-16-11-13(5-6-14(16)23)33-19-8-9-24-20(28-19)15-7-10-25-29-15/h5-12H,1-4H3,(H,25,29)(H2,26,27,32). The lowest BCUT2D eigenvalue weighted by Gasteiger charge is -2.13. The van der Waals surface area contributed by atoms with Crippen LogP contribution in [0.25, 0.3) is 11.5 Å². The van der Waals surface area contributed by atoms with Crippen LogP contribution < -0.4 is 15.4 Å². The van der Waals surface area contributed by atoms with Crippen molar-refractivity contribution in [3.63, 3.8) is 0 Å². The summed E-state index contributed by atoms with van der Waals surface area (Å²) in [6, 6.07) is 8.47. The van der Waals surface area contributed by atoms with Gasteiger partial charge in [0.1, 0.15) is 23.1 Å². The van der Waals surface area contributed by atoms with E-state index in [0.717, 1.165) is 5.69 Å². The van der Waals surface area contributed by atoms with Crippen molar-refractivity contribution < 1.29 is 13.9 Å². The van der Waals surface area contributed by atoms with Gasteiger partial charge < -0.3 is 10.1 Å². The Kier molecular flexibility index (Phi) is 5.78. The molecule has 1 aromatic carbocycles. The fourth-order valence-corrected chi connectivity index (χ4v) is 2.91. The molecule has 3 heterocycles. The van der Waals surface area contributed by atoms with Crippen molar-refractivity contribution >= 4 is 17.5 Å². The van der Waals surface area contributed by atoms with Gasteiger partial charge in [0, 0.05) is 43.1 Å². The summed E-state index contributed by atoms with van der Waals surface area (Å²) in [5, 5.41) is 16.2. The van der Waals surface area contributed by atoms with Gasteiger partial charge in [-0.05, 0) is 18.2 Å². The van der Waals surface area contributed by atoms with Gasteiger partial charge in [0.2, 0.25) is 5.88 Å². The van der Waals surface area contributed by atoms with Crippen molar-refractivity contribution in [1.29, 1.82) is 0 Å². The van der Waals surface area contributed by atoms with Crippen LogP contribution in [0.1, 0.15) is 26.5 Å². The number of carbonyl (C=O) groups is 1. The molecular formula is C22H23FN8O2. The van der Waals surface area contributed by atoms with Crippen LogP contribution >= 0.6 is 0 Å². The monoisotopic (exact) mass is 450 g/mol. The average molecular weight is 450 g/mol. The first kappa shape index (κ1) is 21.9. The number of hydrogen-bond donors (Lipinski definition) is 3. The Bertz CT molecular complexity index is 1280. The lowest BCUT2D eigenvalue weighted by atomic mass is 9.92. The Morgan fingerprint density at radius 3 is 2.64 bits per heavy atom. The van der Waals surface area contributed by atoms with E-state index in [2.05, 4.69) is 35.9 Å². The van der Waals surface area contributed by atoms with E-state index in [0.29, 0.717) is 17.3 Å². The molecule has 4 aromatic rings. The molecule has 0 aliphatic carbocycles. The van der Waals surface area contributed by atoms with Crippen molar-refractivity contribution in [1.82, 2.24) is 29.9 Å². The van der Waals surface area contributed by atoms with E-state index in [9.17, 15) is 9.18 Å². The number of urea groups is 1. The highest BCUT2D eigenvalue weighted by Crippen LogP contribution is 2.27. The molecule has 0 spiro atoms. The fourth-order valence-electron chi connectivity index (χ4n) is 2.91. The number of carbonyl (C=O) groups excluding carboxylic acids is 1. The van der Waals surface area contributed by atoms with Gasteiger partial charge in [-0.25, -0.2) is 14.2 Å². The summed E-state index contributed by atoms with van der Waals surface area (Å²) < 4.78 is 21.6. The molecule has 170 valence electrons. The first-order valence-electron chi connectivity index (χ1n) is 10.1. The Morgan fingerprint density at radius 1 is 1.12 bits per heavy atom. The van der Waals surface area contributed by atoms with E-state index in [4.69, 9.17) is 4.74 Å². The first-order valence-corrected chi connectivity index (χ1v) is 10.1. The molecule has 0 aliphatic rings. The van der Waals surface area contributed by atoms with Gasteiger partial charge >= 0.3 is 6.03 Å². The minimum atomic E-state index is -0.613. The van der Waals surface area contributed by atoms with Crippen LogP contribution in [0.2, 0.25) is 0 Å². The molecule has 0 fully saturated rings. The second-order valence-corrected chi connectivity index (χ2v) is 8.30. The highest BCUT2D eigenvalue weighted by Gasteiger charge is 2.20. The maximum Gasteiger partial charge on any atom is 0.324 e. The van der Waals surface area contributed by atoms with E-state index in [1.165, 1.54) is 24.4 Å². The van der Waals surface area contributed by atoms with Crippen molar-refractivity contribution in [2.24, 2.45) is 7.05 Å². The van der Waals surface area contributed by atoms with Crippen molar-refractivity contribution in [2.45, 2.75) is 26.2 Å². The summed E-state index contributed by atoms with van der Waals surface area (Å²) in [4.78, 5) is 21.0. The summed E-state index contributed by atoms with van der Waals surface area (Å²) >= 11 is 0. The van der Waals surface area contributed by atoms with Crippen LogP contribution in [-0.4, -0.2) is 36.0 Å². The Balaban J connectivity index is 1.47. The first-order chi connectivity index (χ1) is 15.7. The molecule has 2 amide bonds. The van der Waals surface area contributed by atoms with Crippen LogP contribution in [0.5, 0.6) is 11.6 Å². The van der Waals surface area contributed by atoms with E-state index < -0.39 is 11.8 Å². The van der Waals surface area contributed by atoms with Crippen LogP contribution in [0.3, 0.4) is 0 Å². The molecule has 0 saturated heterocycles. The molecule has 0 saturated carbocycles. The lowest BCUT2D eigenvalue weighted by molar-refractivity contribution is 0.262. The molecule has 4 rings (SSSR count).